The van der Waals surface area contributed by atoms with E-state index in [9.17, 15) is 19.0 Å². The van der Waals surface area contributed by atoms with E-state index in [4.69, 9.17) is 13.8 Å². The lowest BCUT2D eigenvalue weighted by molar-refractivity contribution is -0.870. The fourth-order valence-electron chi connectivity index (χ4n) is 9.44. The van der Waals surface area contributed by atoms with Crippen molar-refractivity contribution in [1.82, 2.24) is 5.32 Å². The number of likely N-dealkylation sites (N-methyl/N-ethyl adjacent to an activating group) is 1. The first-order valence-electron chi connectivity index (χ1n) is 34.2. The predicted molar refractivity (Wildman–Crippen MR) is 357 cm³/mol. The number of hydrogen-bond acceptors (Lipinski definition) is 7. The van der Waals surface area contributed by atoms with Gasteiger partial charge in [-0.1, -0.05) is 272 Å². The van der Waals surface area contributed by atoms with Crippen LogP contribution in [0.25, 0.3) is 0 Å². The predicted octanol–water partition coefficient (Wildman–Crippen LogP) is 21.0. The number of quaternary nitrogens is 1. The Bertz CT molecular complexity index is 1790. The fourth-order valence-corrected chi connectivity index (χ4v) is 10.2. The molecule has 10 heteroatoms. The average Bonchev–Trinajstić information content (AvgIpc) is 3.51. The summed E-state index contributed by atoms with van der Waals surface area (Å²) in [5.41, 5.74) is 0. The maximum absolute atomic E-state index is 13.6. The number of nitrogens with one attached hydrogen (secondary N) is 1. The lowest BCUT2D eigenvalue weighted by atomic mass is 10.0. The maximum Gasteiger partial charge on any atom is 0.306 e. The second kappa shape index (κ2) is 61.7. The molecule has 478 valence electrons. The van der Waals surface area contributed by atoms with Crippen LogP contribution in [0.5, 0.6) is 0 Å². The number of allylic oxidation sites excluding steroid dienone is 17. The number of carbonyl (C=O) groups excluding carboxylic acids is 2. The molecule has 0 aliphatic rings. The Morgan fingerprint density at radius 2 is 0.771 bits per heavy atom. The zero-order valence-corrected chi connectivity index (χ0v) is 55.5. The Morgan fingerprint density at radius 3 is 1.19 bits per heavy atom. The molecule has 0 aromatic heterocycles. The van der Waals surface area contributed by atoms with E-state index in [1.165, 1.54) is 154 Å². The molecular weight excluding hydrogens is 1050 g/mol. The molecule has 0 aliphatic heterocycles. The molecule has 83 heavy (non-hydrogen) atoms. The number of hydrogen-bond donors (Lipinski definition) is 1. The SMILES string of the molecule is CC/C=C\C/C=C\C/C=C\C/C=C\C/C=C\C/C=C\CCCCC(=O)OC(/C=C\CCCCCCCCCCC)C(COP(=O)([O-])OCC[N+](C)(C)C)NC(=O)CCCCCCCCCCCCCCCCC/C=C\C/C=C\CCCCC. The molecule has 0 saturated heterocycles. The summed E-state index contributed by atoms with van der Waals surface area (Å²) in [5, 5.41) is 3.02. The monoisotopic (exact) mass is 1180 g/mol. The van der Waals surface area contributed by atoms with Crippen molar-refractivity contribution in [2.45, 2.75) is 303 Å². The molecular formula is C73H129N2O7P. The van der Waals surface area contributed by atoms with Crippen molar-refractivity contribution in [3.8, 4) is 0 Å². The van der Waals surface area contributed by atoms with Crippen molar-refractivity contribution < 1.29 is 37.3 Å². The molecule has 0 aromatic carbocycles. The molecule has 3 unspecified atom stereocenters. The van der Waals surface area contributed by atoms with Gasteiger partial charge in [-0.05, 0) is 115 Å². The van der Waals surface area contributed by atoms with Gasteiger partial charge in [0.25, 0.3) is 7.82 Å². The van der Waals surface area contributed by atoms with Gasteiger partial charge in [0.15, 0.2) is 0 Å². The van der Waals surface area contributed by atoms with Gasteiger partial charge in [-0.3, -0.25) is 14.2 Å². The van der Waals surface area contributed by atoms with Crippen LogP contribution in [0.3, 0.4) is 0 Å². The molecule has 0 bridgehead atoms. The standard InChI is InChI=1S/C73H129N2O7P/c1-7-10-13-16-19-22-25-27-29-31-33-35-36-37-38-40-41-43-45-47-50-53-56-59-62-65-72(76)74-70(69-81-83(78,79)80-68-67-75(4,5)6)71(64-61-58-55-52-49-24-21-18-15-12-9-3)82-73(77)66-63-60-57-54-51-48-46-44-42-39-34-32-30-28-26-23-20-17-14-11-8-2/h11,14,19-20,22-23,27-30,34,39,44,46,51,54,61,64,70-71H,7-10,12-13,15-18,21,24-26,31-33,35-38,40-43,45,47-50,52-53,55-60,62-63,65-69H2,1-6H3,(H-,74,76,78,79)/b14-11-,22-19-,23-20-,29-27-,30-28-,39-34-,46-44-,54-51-,64-61-. The summed E-state index contributed by atoms with van der Waals surface area (Å²) < 4.78 is 30.3. The molecule has 9 nitrogen and oxygen atoms in total. The highest BCUT2D eigenvalue weighted by atomic mass is 31.2. The third-order valence-corrected chi connectivity index (χ3v) is 15.7. The largest absolute Gasteiger partial charge is 0.756 e. The van der Waals surface area contributed by atoms with Crippen molar-refractivity contribution in [1.29, 1.82) is 0 Å². The van der Waals surface area contributed by atoms with Gasteiger partial charge in [0.05, 0.1) is 33.8 Å². The van der Waals surface area contributed by atoms with Crippen LogP contribution in [0.2, 0.25) is 0 Å². The van der Waals surface area contributed by atoms with Crippen LogP contribution in [-0.4, -0.2) is 69.4 Å². The Morgan fingerprint density at radius 1 is 0.434 bits per heavy atom. The van der Waals surface area contributed by atoms with Crippen molar-refractivity contribution >= 4 is 19.7 Å². The second-order valence-electron chi connectivity index (χ2n) is 23.9. The Hall–Kier alpha value is -3.33. The lowest BCUT2D eigenvalue weighted by Crippen LogP contribution is -2.47. The minimum Gasteiger partial charge on any atom is -0.756 e. The zero-order chi connectivity index (χ0) is 60.7. The van der Waals surface area contributed by atoms with Gasteiger partial charge in [-0.15, -0.1) is 0 Å². The number of phosphoric ester groups is 1. The Balaban J connectivity index is 5.13. The molecule has 3 atom stereocenters. The van der Waals surface area contributed by atoms with Crippen LogP contribution in [0.15, 0.2) is 109 Å². The van der Waals surface area contributed by atoms with E-state index < -0.39 is 26.6 Å². The van der Waals surface area contributed by atoms with Gasteiger partial charge in [0.1, 0.15) is 19.3 Å². The maximum atomic E-state index is 13.6. The normalized spacial score (nSPS) is 14.3. The smallest absolute Gasteiger partial charge is 0.306 e. The minimum atomic E-state index is -4.72. The summed E-state index contributed by atoms with van der Waals surface area (Å²) in [4.78, 5) is 40.1. The summed E-state index contributed by atoms with van der Waals surface area (Å²) in [6, 6.07) is -0.913. The Labute approximate surface area is 512 Å². The third kappa shape index (κ3) is 63.0. The number of carbonyl (C=O) groups is 2. The van der Waals surface area contributed by atoms with E-state index >= 15 is 0 Å². The van der Waals surface area contributed by atoms with Crippen molar-refractivity contribution in [3.05, 3.63) is 109 Å². The molecule has 0 aliphatic carbocycles. The highest BCUT2D eigenvalue weighted by Crippen LogP contribution is 2.38. The van der Waals surface area contributed by atoms with Crippen LogP contribution in [0.1, 0.15) is 290 Å². The number of amides is 1. The molecule has 0 aromatic rings. The van der Waals surface area contributed by atoms with Gasteiger partial charge in [0.2, 0.25) is 5.91 Å². The number of unbranched alkanes of at least 4 members (excludes halogenated alkanes) is 29. The van der Waals surface area contributed by atoms with E-state index in [2.05, 4.69) is 123 Å². The molecule has 0 spiro atoms. The van der Waals surface area contributed by atoms with Crippen LogP contribution >= 0.6 is 7.82 Å². The molecule has 1 amide bonds. The number of esters is 1. The van der Waals surface area contributed by atoms with E-state index in [0.29, 0.717) is 23.9 Å². The lowest BCUT2D eigenvalue weighted by Gasteiger charge is -2.30. The number of phosphoric acid groups is 1. The first-order chi connectivity index (χ1) is 40.4. The van der Waals surface area contributed by atoms with E-state index in [1.54, 1.807) is 0 Å². The van der Waals surface area contributed by atoms with Gasteiger partial charge >= 0.3 is 5.97 Å². The summed E-state index contributed by atoms with van der Waals surface area (Å²) in [6.45, 7) is 6.68. The van der Waals surface area contributed by atoms with E-state index in [1.807, 2.05) is 33.3 Å². The quantitative estimate of drug-likeness (QED) is 0.0212. The van der Waals surface area contributed by atoms with E-state index in [0.717, 1.165) is 96.3 Å². The van der Waals surface area contributed by atoms with Gasteiger partial charge < -0.3 is 28.5 Å². The van der Waals surface area contributed by atoms with Crippen molar-refractivity contribution in [3.63, 3.8) is 0 Å². The topological polar surface area (TPSA) is 114 Å². The van der Waals surface area contributed by atoms with Gasteiger partial charge in [-0.25, -0.2) is 0 Å². The highest BCUT2D eigenvalue weighted by Gasteiger charge is 2.27. The summed E-state index contributed by atoms with van der Waals surface area (Å²) >= 11 is 0. The van der Waals surface area contributed by atoms with Crippen LogP contribution in [-0.2, 0) is 27.9 Å². The number of rotatable bonds is 61. The number of ether oxygens (including phenoxy) is 1. The first kappa shape index (κ1) is 79.7. The van der Waals surface area contributed by atoms with E-state index in [-0.39, 0.29) is 24.9 Å². The molecule has 0 heterocycles. The molecule has 1 N–H and O–H groups in total. The summed E-state index contributed by atoms with van der Waals surface area (Å²) in [6.07, 6.45) is 85.0. The van der Waals surface area contributed by atoms with Crippen LogP contribution in [0, 0.1) is 0 Å². The summed E-state index contributed by atoms with van der Waals surface area (Å²) in [7, 11) is 1.15. The third-order valence-electron chi connectivity index (χ3n) is 14.7. The zero-order valence-electron chi connectivity index (χ0n) is 54.6. The molecule has 0 rings (SSSR count). The molecule has 0 fully saturated rings. The summed E-state index contributed by atoms with van der Waals surface area (Å²) in [5.74, 6) is -0.592. The van der Waals surface area contributed by atoms with Crippen LogP contribution in [0.4, 0.5) is 0 Å². The number of nitrogens with zero attached hydrogens (tertiary/aromatic N) is 1. The fraction of sp³-hybridized carbons (Fsp3) is 0.726. The minimum absolute atomic E-state index is 0.0338. The van der Waals surface area contributed by atoms with Crippen molar-refractivity contribution in [2.75, 3.05) is 40.9 Å². The highest BCUT2D eigenvalue weighted by molar-refractivity contribution is 7.45. The van der Waals surface area contributed by atoms with Gasteiger partial charge in [0, 0.05) is 12.8 Å². The molecule has 0 radical (unpaired) electrons. The Kier molecular flexibility index (Phi) is 59.3. The van der Waals surface area contributed by atoms with Crippen LogP contribution < -0.4 is 10.2 Å². The van der Waals surface area contributed by atoms with Gasteiger partial charge in [-0.2, -0.15) is 0 Å². The second-order valence-corrected chi connectivity index (χ2v) is 25.4. The average molecular weight is 1180 g/mol. The molecule has 0 saturated carbocycles. The van der Waals surface area contributed by atoms with Crippen molar-refractivity contribution in [2.24, 2.45) is 0 Å². The first-order valence-corrected chi connectivity index (χ1v) is 35.7.